The number of aromatic nitrogens is 3. The molecular formula is C24H25Cl2FN6O4S2. The fourth-order valence-electron chi connectivity index (χ4n) is 5.11. The number of pyridine rings is 1. The molecule has 5 heterocycles. The Morgan fingerprint density at radius 2 is 2.00 bits per heavy atom. The summed E-state index contributed by atoms with van der Waals surface area (Å²) in [5.74, 6) is 0.481. The van der Waals surface area contributed by atoms with E-state index in [2.05, 4.69) is 9.55 Å². The van der Waals surface area contributed by atoms with Crippen molar-refractivity contribution in [3.05, 3.63) is 63.3 Å². The van der Waals surface area contributed by atoms with Crippen molar-refractivity contribution < 1.29 is 23.0 Å². The standard InChI is InChI=1S/C24H25Cl2FN6O4S2/c1-30-8-9-33(39(30,35)36)19-5-4-18(23(26)29-19)37-13-20(34)31-7-6-17-22(32-10-11-38-24(32)28-17)21(31)15-3-2-14(25)12-16(15)27/h2-5,12,21,35-36H,6-11,13H2,1H3. The summed E-state index contributed by atoms with van der Waals surface area (Å²) in [6, 6.07) is 6.89. The van der Waals surface area contributed by atoms with Gasteiger partial charge in [-0.25, -0.2) is 18.7 Å². The number of fused-ring (bicyclic) bond motifs is 3. The highest BCUT2D eigenvalue weighted by Gasteiger charge is 2.39. The number of carbonyl (C=O) groups excluding carboxylic acids is 1. The molecule has 208 valence electrons. The second-order valence-electron chi connectivity index (χ2n) is 9.32. The Labute approximate surface area is 240 Å². The monoisotopic (exact) mass is 614 g/mol. The van der Waals surface area contributed by atoms with Crippen molar-refractivity contribution in [3.63, 3.8) is 0 Å². The molecule has 39 heavy (non-hydrogen) atoms. The van der Waals surface area contributed by atoms with E-state index in [-0.39, 0.29) is 34.3 Å². The third kappa shape index (κ3) is 4.73. The number of imidazole rings is 1. The number of amides is 1. The van der Waals surface area contributed by atoms with Crippen molar-refractivity contribution in [1.82, 2.24) is 23.7 Å². The molecule has 6 rings (SSSR count). The zero-order chi connectivity index (χ0) is 27.5. The predicted octanol–water partition coefficient (Wildman–Crippen LogP) is 4.72. The molecule has 10 nitrogen and oxygen atoms in total. The summed E-state index contributed by atoms with van der Waals surface area (Å²) in [5, 5.41) is 1.13. The number of hydrogen-bond acceptors (Lipinski definition) is 9. The van der Waals surface area contributed by atoms with Crippen LogP contribution in [0.4, 0.5) is 10.2 Å². The van der Waals surface area contributed by atoms with E-state index < -0.39 is 22.8 Å². The van der Waals surface area contributed by atoms with Gasteiger partial charge in [0, 0.05) is 49.4 Å². The van der Waals surface area contributed by atoms with Crippen LogP contribution in [-0.4, -0.2) is 77.8 Å². The number of thioether (sulfide) groups is 1. The molecule has 0 spiro atoms. The van der Waals surface area contributed by atoms with Gasteiger partial charge in [-0.05, 0) is 35.2 Å². The summed E-state index contributed by atoms with van der Waals surface area (Å²) in [5.41, 5.74) is 2.02. The molecule has 1 saturated heterocycles. The maximum atomic E-state index is 15.2. The lowest BCUT2D eigenvalue weighted by Crippen LogP contribution is -2.44. The quantitative estimate of drug-likeness (QED) is 0.395. The maximum absolute atomic E-state index is 15.2. The van der Waals surface area contributed by atoms with E-state index in [9.17, 15) is 13.9 Å². The third-order valence-electron chi connectivity index (χ3n) is 7.07. The van der Waals surface area contributed by atoms with Crippen molar-refractivity contribution in [1.29, 1.82) is 0 Å². The second-order valence-corrected chi connectivity index (χ2v) is 13.2. The SMILES string of the molecule is CN1CCN(c2ccc(OCC(=O)N3CCc4nc5n(c4C3c3ccc(Cl)cc3F)CCS5)c(Cl)n2)S1(O)O. The lowest BCUT2D eigenvalue weighted by Gasteiger charge is -2.40. The number of halogens is 3. The zero-order valence-corrected chi connectivity index (χ0v) is 23.9. The zero-order valence-electron chi connectivity index (χ0n) is 20.8. The van der Waals surface area contributed by atoms with Gasteiger partial charge < -0.3 is 14.2 Å². The van der Waals surface area contributed by atoms with Gasteiger partial charge in [0.2, 0.25) is 0 Å². The van der Waals surface area contributed by atoms with Gasteiger partial charge in [-0.2, -0.15) is 4.31 Å². The number of ether oxygens (including phenoxy) is 1. The predicted molar refractivity (Wildman–Crippen MR) is 149 cm³/mol. The average Bonchev–Trinajstić information content (AvgIpc) is 3.56. The van der Waals surface area contributed by atoms with Crippen molar-refractivity contribution in [2.75, 3.05) is 43.3 Å². The summed E-state index contributed by atoms with van der Waals surface area (Å²) >= 11 is 14.0. The molecule has 0 aliphatic carbocycles. The molecule has 2 N–H and O–H groups in total. The molecule has 0 bridgehead atoms. The summed E-state index contributed by atoms with van der Waals surface area (Å²) in [6.07, 6.45) is 0.543. The van der Waals surface area contributed by atoms with Gasteiger partial charge in [-0.15, -0.1) is 0 Å². The average molecular weight is 616 g/mol. The topological polar surface area (TPSA) is 107 Å². The van der Waals surface area contributed by atoms with E-state index in [0.717, 1.165) is 28.8 Å². The van der Waals surface area contributed by atoms with Crippen LogP contribution >= 0.6 is 45.9 Å². The number of benzene rings is 1. The first-order valence-corrected chi connectivity index (χ1v) is 15.4. The van der Waals surface area contributed by atoms with E-state index in [0.29, 0.717) is 31.6 Å². The van der Waals surface area contributed by atoms with Gasteiger partial charge in [0.1, 0.15) is 17.7 Å². The van der Waals surface area contributed by atoms with Crippen LogP contribution in [0.25, 0.3) is 0 Å². The molecule has 1 aromatic carbocycles. The molecule has 1 atom stereocenters. The minimum atomic E-state index is -3.16. The van der Waals surface area contributed by atoms with Gasteiger partial charge in [0.05, 0.1) is 17.9 Å². The number of nitrogens with zero attached hydrogens (tertiary/aromatic N) is 6. The normalized spacial score (nSPS) is 21.1. The van der Waals surface area contributed by atoms with Gasteiger partial charge in [0.25, 0.3) is 5.91 Å². The summed E-state index contributed by atoms with van der Waals surface area (Å²) in [4.78, 5) is 24.2. The largest absolute Gasteiger partial charge is 0.481 e. The minimum Gasteiger partial charge on any atom is -0.481 e. The van der Waals surface area contributed by atoms with Crippen LogP contribution < -0.4 is 9.04 Å². The number of carbonyl (C=O) groups is 1. The van der Waals surface area contributed by atoms with Crippen LogP contribution in [0.15, 0.2) is 35.5 Å². The second kappa shape index (κ2) is 10.3. The van der Waals surface area contributed by atoms with Crippen LogP contribution in [-0.2, 0) is 17.8 Å². The minimum absolute atomic E-state index is 0.0167. The van der Waals surface area contributed by atoms with Crippen molar-refractivity contribution in [2.24, 2.45) is 0 Å². The molecular weight excluding hydrogens is 590 g/mol. The van der Waals surface area contributed by atoms with Crippen molar-refractivity contribution in [2.45, 2.75) is 24.2 Å². The van der Waals surface area contributed by atoms with Gasteiger partial charge in [-0.3, -0.25) is 13.9 Å². The highest BCUT2D eigenvalue weighted by molar-refractivity contribution is 8.23. The Morgan fingerprint density at radius 1 is 1.18 bits per heavy atom. The molecule has 15 heteroatoms. The fourth-order valence-corrected chi connectivity index (χ4v) is 7.79. The molecule has 1 fully saturated rings. The number of anilines is 1. The van der Waals surface area contributed by atoms with Crippen LogP contribution in [0.2, 0.25) is 10.2 Å². The summed E-state index contributed by atoms with van der Waals surface area (Å²) < 4.78 is 46.7. The molecule has 3 aliphatic rings. The number of hydrogen-bond donors (Lipinski definition) is 2. The smallest absolute Gasteiger partial charge is 0.261 e. The molecule has 0 radical (unpaired) electrons. The number of likely N-dealkylation sites (N-methyl/N-ethyl adjacent to an activating group) is 1. The van der Waals surface area contributed by atoms with Gasteiger partial charge in [0.15, 0.2) is 22.7 Å². The highest BCUT2D eigenvalue weighted by atomic mass is 35.5. The summed E-state index contributed by atoms with van der Waals surface area (Å²) in [7, 11) is -1.54. The Balaban J connectivity index is 1.25. The van der Waals surface area contributed by atoms with Gasteiger partial charge in [-0.1, -0.05) is 41.0 Å². The first kappa shape index (κ1) is 26.9. The van der Waals surface area contributed by atoms with E-state index in [1.54, 1.807) is 41.9 Å². The Morgan fingerprint density at radius 3 is 2.72 bits per heavy atom. The molecule has 0 saturated carbocycles. The van der Waals surface area contributed by atoms with E-state index in [1.165, 1.54) is 20.7 Å². The number of rotatable bonds is 5. The molecule has 1 amide bonds. The Hall–Kier alpha value is -2.26. The van der Waals surface area contributed by atoms with Crippen LogP contribution in [0.5, 0.6) is 5.75 Å². The molecule has 1 unspecified atom stereocenters. The molecule has 2 aromatic heterocycles. The first-order chi connectivity index (χ1) is 18.6. The third-order valence-corrected chi connectivity index (χ3v) is 10.5. The van der Waals surface area contributed by atoms with Gasteiger partial charge >= 0.3 is 0 Å². The molecule has 3 aliphatic heterocycles. The Bertz CT molecular complexity index is 1460. The van der Waals surface area contributed by atoms with Crippen molar-refractivity contribution >= 4 is 57.7 Å². The van der Waals surface area contributed by atoms with Crippen molar-refractivity contribution in [3.8, 4) is 5.75 Å². The lowest BCUT2D eigenvalue weighted by molar-refractivity contribution is -0.135. The Kier molecular flexibility index (Phi) is 7.11. The van der Waals surface area contributed by atoms with Crippen LogP contribution in [0, 0.1) is 5.82 Å². The van der Waals surface area contributed by atoms with E-state index >= 15 is 4.39 Å². The van der Waals surface area contributed by atoms with E-state index in [1.807, 2.05) is 0 Å². The fraction of sp³-hybridized carbons (Fsp3) is 0.375. The van der Waals surface area contributed by atoms with Crippen LogP contribution in [0.1, 0.15) is 23.0 Å². The first-order valence-electron chi connectivity index (χ1n) is 12.2. The molecule has 3 aromatic rings. The van der Waals surface area contributed by atoms with E-state index in [4.69, 9.17) is 32.9 Å². The maximum Gasteiger partial charge on any atom is 0.261 e. The highest BCUT2D eigenvalue weighted by Crippen LogP contribution is 2.52. The summed E-state index contributed by atoms with van der Waals surface area (Å²) in [6.45, 7) is 1.56. The lowest BCUT2D eigenvalue weighted by atomic mass is 9.94. The van der Waals surface area contributed by atoms with Crippen LogP contribution in [0.3, 0.4) is 0 Å².